The molecule has 0 saturated heterocycles. The fourth-order valence-electron chi connectivity index (χ4n) is 3.01. The zero-order chi connectivity index (χ0) is 22.5. The molecule has 2 heterocycles. The number of furan rings is 1. The van der Waals surface area contributed by atoms with E-state index in [1.807, 2.05) is 31.2 Å². The summed E-state index contributed by atoms with van der Waals surface area (Å²) in [6.45, 7) is 2.48. The zero-order valence-electron chi connectivity index (χ0n) is 17.1. The first-order valence-electron chi connectivity index (χ1n) is 9.70. The second-order valence-electron chi connectivity index (χ2n) is 6.93. The van der Waals surface area contributed by atoms with Gasteiger partial charge in [0.2, 0.25) is 5.95 Å². The van der Waals surface area contributed by atoms with Crippen LogP contribution in [0.1, 0.15) is 27.4 Å². The van der Waals surface area contributed by atoms with Gasteiger partial charge in [-0.3, -0.25) is 20.2 Å². The van der Waals surface area contributed by atoms with Crippen LogP contribution in [0.3, 0.4) is 0 Å². The molecule has 0 aliphatic rings. The third kappa shape index (κ3) is 4.81. The van der Waals surface area contributed by atoms with Crippen molar-refractivity contribution in [3.05, 3.63) is 99.8 Å². The van der Waals surface area contributed by atoms with Gasteiger partial charge in [0.15, 0.2) is 11.5 Å². The van der Waals surface area contributed by atoms with Crippen molar-refractivity contribution >= 4 is 17.5 Å². The zero-order valence-corrected chi connectivity index (χ0v) is 17.1. The van der Waals surface area contributed by atoms with E-state index in [9.17, 15) is 14.9 Å². The molecule has 0 unspecified atom stereocenters. The van der Waals surface area contributed by atoms with E-state index in [0.29, 0.717) is 12.3 Å². The monoisotopic (exact) mass is 433 g/mol. The number of benzene rings is 2. The predicted octanol–water partition coefficient (Wildman–Crippen LogP) is 3.97. The third-order valence-corrected chi connectivity index (χ3v) is 4.67. The molecule has 0 fully saturated rings. The van der Waals surface area contributed by atoms with Gasteiger partial charge in [-0.2, -0.15) is 0 Å². The lowest BCUT2D eigenvalue weighted by Crippen LogP contribution is -2.12. The molecule has 162 valence electrons. The maximum Gasteiger partial charge on any atom is 0.310 e. The van der Waals surface area contributed by atoms with E-state index in [2.05, 4.69) is 15.4 Å². The Morgan fingerprint density at radius 3 is 2.75 bits per heavy atom. The summed E-state index contributed by atoms with van der Waals surface area (Å²) < 4.78 is 12.6. The van der Waals surface area contributed by atoms with Gasteiger partial charge in [0.1, 0.15) is 18.7 Å². The summed E-state index contributed by atoms with van der Waals surface area (Å²) in [6.07, 6.45) is 1.54. The number of hydrogen-bond donors (Lipinski definition) is 1. The maximum atomic E-state index is 12.4. The third-order valence-electron chi connectivity index (χ3n) is 4.67. The molecule has 0 radical (unpaired) electrons. The number of para-hydroxylation sites is 2. The van der Waals surface area contributed by atoms with Gasteiger partial charge >= 0.3 is 5.69 Å². The van der Waals surface area contributed by atoms with Crippen LogP contribution in [0.4, 0.5) is 11.6 Å². The van der Waals surface area contributed by atoms with Gasteiger partial charge < -0.3 is 9.15 Å². The number of hydrogen-bond acceptors (Lipinski definition) is 7. The van der Waals surface area contributed by atoms with Gasteiger partial charge in [-0.25, -0.2) is 9.67 Å². The van der Waals surface area contributed by atoms with E-state index in [0.717, 1.165) is 11.1 Å². The number of ether oxygens (including phenoxy) is 1. The maximum absolute atomic E-state index is 12.4. The van der Waals surface area contributed by atoms with Gasteiger partial charge in [-0.1, -0.05) is 36.4 Å². The van der Waals surface area contributed by atoms with Crippen LogP contribution in [-0.2, 0) is 13.2 Å². The normalized spacial score (nSPS) is 10.7. The quantitative estimate of drug-likeness (QED) is 0.329. The van der Waals surface area contributed by atoms with Crippen molar-refractivity contribution in [3.8, 4) is 5.75 Å². The van der Waals surface area contributed by atoms with Crippen molar-refractivity contribution in [1.29, 1.82) is 0 Å². The van der Waals surface area contributed by atoms with Crippen LogP contribution in [0.25, 0.3) is 0 Å². The molecular formula is C22H19N5O5. The highest BCUT2D eigenvalue weighted by Crippen LogP contribution is 2.26. The molecule has 0 aliphatic heterocycles. The van der Waals surface area contributed by atoms with Gasteiger partial charge in [0.05, 0.1) is 11.5 Å². The first-order valence-corrected chi connectivity index (χ1v) is 9.70. The first kappa shape index (κ1) is 20.8. The summed E-state index contributed by atoms with van der Waals surface area (Å²) in [5, 5.41) is 17.9. The van der Waals surface area contributed by atoms with Crippen molar-refractivity contribution < 1.29 is 18.9 Å². The summed E-state index contributed by atoms with van der Waals surface area (Å²) >= 11 is 0. The Balaban J connectivity index is 1.36. The van der Waals surface area contributed by atoms with Crippen molar-refractivity contribution in [2.45, 2.75) is 20.1 Å². The van der Waals surface area contributed by atoms with Gasteiger partial charge in [-0.15, -0.1) is 5.10 Å². The molecule has 32 heavy (non-hydrogen) atoms. The van der Waals surface area contributed by atoms with Crippen LogP contribution in [0.2, 0.25) is 0 Å². The van der Waals surface area contributed by atoms with E-state index in [1.54, 1.807) is 22.9 Å². The predicted molar refractivity (Wildman–Crippen MR) is 114 cm³/mol. The highest BCUT2D eigenvalue weighted by atomic mass is 16.6. The highest BCUT2D eigenvalue weighted by Gasteiger charge is 2.17. The first-order chi connectivity index (χ1) is 15.5. The number of carbonyl (C=O) groups is 1. The fraction of sp³-hybridized carbons (Fsp3) is 0.136. The average molecular weight is 433 g/mol. The van der Waals surface area contributed by atoms with Crippen LogP contribution in [0.15, 0.2) is 71.4 Å². The Labute approximate surface area is 182 Å². The average Bonchev–Trinajstić information content (AvgIpc) is 3.44. The molecule has 0 saturated carbocycles. The minimum atomic E-state index is -0.526. The number of rotatable bonds is 8. The van der Waals surface area contributed by atoms with E-state index in [4.69, 9.17) is 9.15 Å². The molecule has 0 bridgehead atoms. The Kier molecular flexibility index (Phi) is 5.93. The molecule has 4 rings (SSSR count). The topological polar surface area (TPSA) is 125 Å². The number of anilines is 1. The van der Waals surface area contributed by atoms with Crippen LogP contribution < -0.4 is 10.1 Å². The van der Waals surface area contributed by atoms with E-state index in [1.165, 1.54) is 24.5 Å². The van der Waals surface area contributed by atoms with E-state index >= 15 is 0 Å². The minimum absolute atomic E-state index is 0.0430. The highest BCUT2D eigenvalue weighted by molar-refractivity contribution is 6.01. The van der Waals surface area contributed by atoms with Crippen LogP contribution in [-0.4, -0.2) is 25.6 Å². The lowest BCUT2D eigenvalue weighted by molar-refractivity contribution is -0.386. The van der Waals surface area contributed by atoms with Crippen molar-refractivity contribution in [3.63, 3.8) is 0 Å². The summed E-state index contributed by atoms with van der Waals surface area (Å²) in [4.78, 5) is 27.1. The second-order valence-corrected chi connectivity index (χ2v) is 6.93. The molecule has 0 spiro atoms. The number of aromatic nitrogens is 3. The second kappa shape index (κ2) is 9.13. The minimum Gasteiger partial charge on any atom is -0.479 e. The molecule has 1 amide bonds. The van der Waals surface area contributed by atoms with E-state index < -0.39 is 10.8 Å². The number of nitro benzene ring substituents is 1. The van der Waals surface area contributed by atoms with Crippen LogP contribution in [0, 0.1) is 17.0 Å². The summed E-state index contributed by atoms with van der Waals surface area (Å²) in [6, 6.07) is 17.0. The van der Waals surface area contributed by atoms with Crippen molar-refractivity contribution in [1.82, 2.24) is 14.8 Å². The molecule has 4 aromatic rings. The summed E-state index contributed by atoms with van der Waals surface area (Å²) in [7, 11) is 0. The number of nitro groups is 1. The van der Waals surface area contributed by atoms with E-state index in [-0.39, 0.29) is 29.8 Å². The van der Waals surface area contributed by atoms with Gasteiger partial charge in [0.25, 0.3) is 5.91 Å². The molecule has 0 atom stereocenters. The largest absolute Gasteiger partial charge is 0.479 e. The van der Waals surface area contributed by atoms with Crippen LogP contribution in [0.5, 0.6) is 5.75 Å². The van der Waals surface area contributed by atoms with Crippen molar-refractivity contribution in [2.24, 2.45) is 0 Å². The number of nitrogens with zero attached hydrogens (tertiary/aromatic N) is 4. The molecular weight excluding hydrogens is 414 g/mol. The summed E-state index contributed by atoms with van der Waals surface area (Å²) in [5.41, 5.74) is 2.09. The lowest BCUT2D eigenvalue weighted by Gasteiger charge is -2.05. The number of aryl methyl sites for hydroxylation is 1. The number of nitrogens with one attached hydrogen (secondary N) is 1. The smallest absolute Gasteiger partial charge is 0.310 e. The lowest BCUT2D eigenvalue weighted by atomic mass is 10.1. The Morgan fingerprint density at radius 1 is 1.16 bits per heavy atom. The molecule has 2 aromatic carbocycles. The summed E-state index contributed by atoms with van der Waals surface area (Å²) in [5.74, 6) is 0.129. The molecule has 1 N–H and O–H groups in total. The Bertz CT molecular complexity index is 1260. The van der Waals surface area contributed by atoms with Crippen LogP contribution >= 0.6 is 0 Å². The Morgan fingerprint density at radius 2 is 1.94 bits per heavy atom. The van der Waals surface area contributed by atoms with Gasteiger partial charge in [-0.05, 0) is 36.2 Å². The van der Waals surface area contributed by atoms with Crippen molar-refractivity contribution in [2.75, 3.05) is 5.32 Å². The number of amides is 1. The Hall–Kier alpha value is -4.47. The molecule has 0 aliphatic carbocycles. The molecule has 2 aromatic heterocycles. The standard InChI is InChI=1S/C22H19N5O5/c1-15-6-2-3-7-16(15)12-26-14-23-22(25-26)24-21(28)20-11-10-17(32-20)13-31-19-9-5-4-8-18(19)27(29)30/h2-11,14H,12-13H2,1H3,(H,24,25,28). The SMILES string of the molecule is Cc1ccccc1Cn1cnc(NC(=O)c2ccc(COc3ccccc3[N+](=O)[O-])o2)n1. The van der Waals surface area contributed by atoms with Gasteiger partial charge in [0, 0.05) is 6.07 Å². The molecule has 10 heteroatoms. The number of carbonyl (C=O) groups excluding carboxylic acids is 1. The fourth-order valence-corrected chi connectivity index (χ4v) is 3.01. The molecule has 10 nitrogen and oxygen atoms in total.